The van der Waals surface area contributed by atoms with Crippen LogP contribution in [0.3, 0.4) is 0 Å². The number of H-pyrrole nitrogens is 1. The molecule has 0 atom stereocenters. The van der Waals surface area contributed by atoms with Crippen LogP contribution in [0.5, 0.6) is 0 Å². The van der Waals surface area contributed by atoms with Crippen LogP contribution in [-0.2, 0) is 0 Å². The van der Waals surface area contributed by atoms with Gasteiger partial charge >= 0.3 is 0 Å². The van der Waals surface area contributed by atoms with E-state index < -0.39 is 0 Å². The van der Waals surface area contributed by atoms with Crippen molar-refractivity contribution in [3.63, 3.8) is 0 Å². The molecule has 88 valence electrons. The van der Waals surface area contributed by atoms with Gasteiger partial charge in [0, 0.05) is 12.2 Å². The standard InChI is InChI=1S/C12H19N3O/c1-8-10(9(2)15-14-8)11(16)13-7-12(3)5-4-6-12/h4-7H2,1-3H3,(H,13,16)(H,14,15). The molecule has 0 saturated heterocycles. The fraction of sp³-hybridized carbons (Fsp3) is 0.667. The van der Waals surface area contributed by atoms with Crippen LogP contribution in [-0.4, -0.2) is 22.6 Å². The van der Waals surface area contributed by atoms with Gasteiger partial charge in [0.25, 0.3) is 5.91 Å². The van der Waals surface area contributed by atoms with Crippen molar-refractivity contribution in [3.8, 4) is 0 Å². The maximum atomic E-state index is 12.0. The molecule has 1 fully saturated rings. The first-order chi connectivity index (χ1) is 7.52. The first kappa shape index (κ1) is 11.2. The van der Waals surface area contributed by atoms with Gasteiger partial charge < -0.3 is 5.32 Å². The molecule has 4 heteroatoms. The summed E-state index contributed by atoms with van der Waals surface area (Å²) in [6.45, 7) is 6.73. The summed E-state index contributed by atoms with van der Waals surface area (Å²) in [5, 5.41) is 9.87. The fourth-order valence-electron chi connectivity index (χ4n) is 2.22. The average molecular weight is 221 g/mol. The molecule has 1 aromatic heterocycles. The lowest BCUT2D eigenvalue weighted by molar-refractivity contribution is 0.0889. The third-order valence-corrected chi connectivity index (χ3v) is 3.59. The molecule has 0 radical (unpaired) electrons. The Hall–Kier alpha value is -1.32. The molecule has 1 aliphatic rings. The number of hydrogen-bond donors (Lipinski definition) is 2. The second kappa shape index (κ2) is 3.92. The predicted molar refractivity (Wildman–Crippen MR) is 62.4 cm³/mol. The average Bonchev–Trinajstić information content (AvgIpc) is 2.52. The number of aromatic amines is 1. The van der Waals surface area contributed by atoms with Gasteiger partial charge in [0.05, 0.1) is 11.3 Å². The molecule has 1 aliphatic carbocycles. The summed E-state index contributed by atoms with van der Waals surface area (Å²) >= 11 is 0. The zero-order valence-electron chi connectivity index (χ0n) is 10.2. The van der Waals surface area contributed by atoms with Crippen LogP contribution in [0.15, 0.2) is 0 Å². The molecule has 0 aromatic carbocycles. The molecule has 2 N–H and O–H groups in total. The fourth-order valence-corrected chi connectivity index (χ4v) is 2.22. The van der Waals surface area contributed by atoms with E-state index in [0.29, 0.717) is 11.0 Å². The quantitative estimate of drug-likeness (QED) is 0.819. The topological polar surface area (TPSA) is 57.8 Å². The molecular weight excluding hydrogens is 202 g/mol. The number of carbonyl (C=O) groups is 1. The van der Waals surface area contributed by atoms with E-state index in [-0.39, 0.29) is 5.91 Å². The van der Waals surface area contributed by atoms with Crippen molar-refractivity contribution in [3.05, 3.63) is 17.0 Å². The largest absolute Gasteiger partial charge is 0.351 e. The number of rotatable bonds is 3. The number of hydrogen-bond acceptors (Lipinski definition) is 2. The molecule has 0 unspecified atom stereocenters. The van der Waals surface area contributed by atoms with Crippen LogP contribution in [0.2, 0.25) is 0 Å². The van der Waals surface area contributed by atoms with Crippen LogP contribution in [0, 0.1) is 19.3 Å². The minimum Gasteiger partial charge on any atom is -0.351 e. The zero-order valence-corrected chi connectivity index (χ0v) is 10.2. The lowest BCUT2D eigenvalue weighted by Gasteiger charge is -2.38. The lowest BCUT2D eigenvalue weighted by atomic mass is 9.70. The van der Waals surface area contributed by atoms with Crippen molar-refractivity contribution in [1.82, 2.24) is 15.5 Å². The monoisotopic (exact) mass is 221 g/mol. The highest BCUT2D eigenvalue weighted by atomic mass is 16.1. The number of carbonyl (C=O) groups excluding carboxylic acids is 1. The lowest BCUT2D eigenvalue weighted by Crippen LogP contribution is -2.40. The second-order valence-electron chi connectivity index (χ2n) is 5.16. The molecule has 4 nitrogen and oxygen atoms in total. The Balaban J connectivity index is 1.98. The van der Waals surface area contributed by atoms with Crippen LogP contribution in [0.4, 0.5) is 0 Å². The first-order valence-electron chi connectivity index (χ1n) is 5.82. The summed E-state index contributed by atoms with van der Waals surface area (Å²) in [6.07, 6.45) is 3.73. The van der Waals surface area contributed by atoms with Crippen LogP contribution >= 0.6 is 0 Å². The molecule has 1 amide bonds. The number of nitrogens with zero attached hydrogens (tertiary/aromatic N) is 1. The maximum absolute atomic E-state index is 12.0. The van der Waals surface area contributed by atoms with E-state index in [4.69, 9.17) is 0 Å². The Bertz CT molecular complexity index is 385. The molecular formula is C12H19N3O. The van der Waals surface area contributed by atoms with Crippen molar-refractivity contribution in [2.45, 2.75) is 40.0 Å². The van der Waals surface area contributed by atoms with Gasteiger partial charge in [0.2, 0.25) is 0 Å². The number of aromatic nitrogens is 2. The summed E-state index contributed by atoms with van der Waals surface area (Å²) in [5.74, 6) is -0.00289. The van der Waals surface area contributed by atoms with Crippen LogP contribution in [0.25, 0.3) is 0 Å². The smallest absolute Gasteiger partial charge is 0.255 e. The number of aryl methyl sites for hydroxylation is 2. The van der Waals surface area contributed by atoms with Crippen LogP contribution in [0.1, 0.15) is 47.9 Å². The second-order valence-corrected chi connectivity index (χ2v) is 5.16. The highest BCUT2D eigenvalue weighted by Gasteiger charge is 2.32. The van der Waals surface area contributed by atoms with Gasteiger partial charge in [-0.25, -0.2) is 0 Å². The maximum Gasteiger partial charge on any atom is 0.255 e. The highest BCUT2D eigenvalue weighted by Crippen LogP contribution is 2.39. The van der Waals surface area contributed by atoms with Crippen molar-refractivity contribution >= 4 is 5.91 Å². The van der Waals surface area contributed by atoms with Gasteiger partial charge in [-0.05, 0) is 32.1 Å². The third-order valence-electron chi connectivity index (χ3n) is 3.59. The molecule has 1 aromatic rings. The normalized spacial score (nSPS) is 17.9. The van der Waals surface area contributed by atoms with E-state index in [2.05, 4.69) is 22.4 Å². The van der Waals surface area contributed by atoms with Crippen molar-refractivity contribution in [1.29, 1.82) is 0 Å². The van der Waals surface area contributed by atoms with Crippen molar-refractivity contribution in [2.75, 3.05) is 6.54 Å². The summed E-state index contributed by atoms with van der Waals surface area (Å²) < 4.78 is 0. The van der Waals surface area contributed by atoms with E-state index in [9.17, 15) is 4.79 Å². The SMILES string of the molecule is Cc1n[nH]c(C)c1C(=O)NCC1(C)CCC1. The minimum absolute atomic E-state index is 0.00289. The third kappa shape index (κ3) is 1.96. The van der Waals surface area contributed by atoms with E-state index >= 15 is 0 Å². The number of amides is 1. The van der Waals surface area contributed by atoms with Gasteiger partial charge in [-0.1, -0.05) is 13.3 Å². The van der Waals surface area contributed by atoms with Gasteiger partial charge in [0.1, 0.15) is 0 Å². The summed E-state index contributed by atoms with van der Waals surface area (Å²) in [7, 11) is 0. The van der Waals surface area contributed by atoms with Crippen LogP contribution < -0.4 is 5.32 Å². The van der Waals surface area contributed by atoms with E-state index in [1.54, 1.807) is 0 Å². The van der Waals surface area contributed by atoms with Crippen molar-refractivity contribution < 1.29 is 4.79 Å². The number of nitrogens with one attached hydrogen (secondary N) is 2. The van der Waals surface area contributed by atoms with Gasteiger partial charge in [0.15, 0.2) is 0 Å². The zero-order chi connectivity index (χ0) is 11.8. The Labute approximate surface area is 95.8 Å². The molecule has 1 saturated carbocycles. The van der Waals surface area contributed by atoms with E-state index in [1.165, 1.54) is 19.3 Å². The molecule has 1 heterocycles. The molecule has 16 heavy (non-hydrogen) atoms. The summed E-state index contributed by atoms with van der Waals surface area (Å²) in [5.41, 5.74) is 2.63. The van der Waals surface area contributed by atoms with Gasteiger partial charge in [-0.15, -0.1) is 0 Å². The molecule has 0 aliphatic heterocycles. The van der Waals surface area contributed by atoms with Gasteiger partial charge in [-0.3, -0.25) is 9.89 Å². The Morgan fingerprint density at radius 1 is 1.50 bits per heavy atom. The Morgan fingerprint density at radius 3 is 2.62 bits per heavy atom. The molecule has 0 bridgehead atoms. The Morgan fingerprint density at radius 2 is 2.19 bits per heavy atom. The summed E-state index contributed by atoms with van der Waals surface area (Å²) in [4.78, 5) is 12.0. The molecule has 2 rings (SSSR count). The van der Waals surface area contributed by atoms with Crippen molar-refractivity contribution in [2.24, 2.45) is 5.41 Å². The predicted octanol–water partition coefficient (Wildman–Crippen LogP) is 1.95. The Kier molecular flexibility index (Phi) is 2.74. The van der Waals surface area contributed by atoms with Gasteiger partial charge in [-0.2, -0.15) is 5.10 Å². The summed E-state index contributed by atoms with van der Waals surface area (Å²) in [6, 6.07) is 0. The molecule has 0 spiro atoms. The van der Waals surface area contributed by atoms with E-state index in [1.807, 2.05) is 13.8 Å². The highest BCUT2D eigenvalue weighted by molar-refractivity contribution is 5.96. The minimum atomic E-state index is -0.00289. The van der Waals surface area contributed by atoms with E-state index in [0.717, 1.165) is 17.9 Å². The first-order valence-corrected chi connectivity index (χ1v) is 5.82.